The fourth-order valence-corrected chi connectivity index (χ4v) is 2.91. The Morgan fingerprint density at radius 1 is 1.48 bits per heavy atom. The van der Waals surface area contributed by atoms with Crippen molar-refractivity contribution >= 4 is 28.2 Å². The summed E-state index contributed by atoms with van der Waals surface area (Å²) in [6, 6.07) is 0. The van der Waals surface area contributed by atoms with E-state index in [1.54, 1.807) is 0 Å². The van der Waals surface area contributed by atoms with Crippen LogP contribution in [0.2, 0.25) is 0 Å². The summed E-state index contributed by atoms with van der Waals surface area (Å²) in [6.07, 6.45) is 0. The van der Waals surface area contributed by atoms with Gasteiger partial charge in [0.15, 0.2) is 5.13 Å². The molecule has 1 aliphatic rings. The molecule has 1 fully saturated rings. The largest absolute Gasteiger partial charge is 0.394 e. The molecule has 0 bridgehead atoms. The van der Waals surface area contributed by atoms with Crippen LogP contribution in [-0.2, 0) is 4.74 Å². The number of aliphatic hydroxyl groups excluding tert-OH is 1. The van der Waals surface area contributed by atoms with Gasteiger partial charge in [-0.15, -0.1) is 0 Å². The summed E-state index contributed by atoms with van der Waals surface area (Å²) in [5.74, 6) is 0.0290. The molecule has 1 aliphatic heterocycles. The summed E-state index contributed by atoms with van der Waals surface area (Å²) in [7, 11) is 0. The van der Waals surface area contributed by atoms with Crippen molar-refractivity contribution in [2.75, 3.05) is 63.2 Å². The van der Waals surface area contributed by atoms with Crippen molar-refractivity contribution < 1.29 is 14.6 Å². The molecule has 9 heteroatoms. The molecule has 0 radical (unpaired) electrons. The number of carbonyl (C=O) groups excluding carboxylic acids is 1. The molecule has 0 aromatic carbocycles. The summed E-state index contributed by atoms with van der Waals surface area (Å²) in [5, 5.41) is 15.4. The van der Waals surface area contributed by atoms with Crippen LogP contribution in [0, 0.1) is 0 Å². The van der Waals surface area contributed by atoms with Crippen molar-refractivity contribution in [1.29, 1.82) is 0 Å². The van der Waals surface area contributed by atoms with Gasteiger partial charge in [0.25, 0.3) is 5.91 Å². The SMILES string of the molecule is Nc1nc(N2CCNCC2)sc1C(=O)NCCOCCO. The monoisotopic (exact) mass is 315 g/mol. The molecule has 0 aliphatic carbocycles. The van der Waals surface area contributed by atoms with E-state index in [-0.39, 0.29) is 24.9 Å². The molecule has 2 heterocycles. The first-order chi connectivity index (χ1) is 10.2. The van der Waals surface area contributed by atoms with Crippen molar-refractivity contribution in [1.82, 2.24) is 15.6 Å². The zero-order chi connectivity index (χ0) is 15.1. The predicted octanol–water partition coefficient (Wildman–Crippen LogP) is -1.13. The first kappa shape index (κ1) is 16.0. The van der Waals surface area contributed by atoms with Gasteiger partial charge in [-0.05, 0) is 0 Å². The second kappa shape index (κ2) is 8.13. The highest BCUT2D eigenvalue weighted by molar-refractivity contribution is 7.18. The van der Waals surface area contributed by atoms with E-state index in [0.29, 0.717) is 18.0 Å². The molecule has 21 heavy (non-hydrogen) atoms. The van der Waals surface area contributed by atoms with Gasteiger partial charge in [0.1, 0.15) is 10.7 Å². The van der Waals surface area contributed by atoms with Crippen molar-refractivity contribution in [3.8, 4) is 0 Å². The van der Waals surface area contributed by atoms with Crippen LogP contribution >= 0.6 is 11.3 Å². The summed E-state index contributed by atoms with van der Waals surface area (Å²) >= 11 is 1.31. The minimum Gasteiger partial charge on any atom is -0.394 e. The number of ether oxygens (including phenoxy) is 1. The van der Waals surface area contributed by atoms with Gasteiger partial charge in [-0.1, -0.05) is 11.3 Å². The van der Waals surface area contributed by atoms with Crippen LogP contribution in [0.1, 0.15) is 9.67 Å². The van der Waals surface area contributed by atoms with Gasteiger partial charge in [-0.2, -0.15) is 0 Å². The number of thiazole rings is 1. The number of nitrogens with one attached hydrogen (secondary N) is 2. The summed E-state index contributed by atoms with van der Waals surface area (Å²) < 4.78 is 5.08. The van der Waals surface area contributed by atoms with Gasteiger partial charge in [-0.25, -0.2) is 4.98 Å². The molecular formula is C12H21N5O3S. The average molecular weight is 315 g/mol. The number of rotatable bonds is 7. The minimum atomic E-state index is -0.237. The molecular weight excluding hydrogens is 294 g/mol. The van der Waals surface area contributed by atoms with Gasteiger partial charge < -0.3 is 31.1 Å². The van der Waals surface area contributed by atoms with E-state index in [9.17, 15) is 4.79 Å². The number of anilines is 2. The van der Waals surface area contributed by atoms with Crippen LogP contribution in [0.15, 0.2) is 0 Å². The normalized spacial score (nSPS) is 15.2. The molecule has 118 valence electrons. The van der Waals surface area contributed by atoms with E-state index in [2.05, 4.69) is 20.5 Å². The molecule has 0 spiro atoms. The molecule has 5 N–H and O–H groups in total. The number of carbonyl (C=O) groups is 1. The smallest absolute Gasteiger partial charge is 0.265 e. The zero-order valence-electron chi connectivity index (χ0n) is 11.8. The molecule has 0 saturated carbocycles. The maximum absolute atomic E-state index is 12.0. The quantitative estimate of drug-likeness (QED) is 0.471. The molecule has 0 unspecified atom stereocenters. The molecule has 2 rings (SSSR count). The van der Waals surface area contributed by atoms with Gasteiger partial charge in [-0.3, -0.25) is 4.79 Å². The van der Waals surface area contributed by atoms with Gasteiger partial charge in [0.2, 0.25) is 0 Å². The first-order valence-corrected chi connectivity index (χ1v) is 7.73. The number of nitrogens with two attached hydrogens (primary N) is 1. The van der Waals surface area contributed by atoms with E-state index in [4.69, 9.17) is 15.6 Å². The summed E-state index contributed by atoms with van der Waals surface area (Å²) in [6.45, 7) is 4.52. The number of aliphatic hydroxyl groups is 1. The standard InChI is InChI=1S/C12H21N5O3S/c13-10-9(11(19)15-3-7-20-8-6-18)21-12(16-10)17-4-1-14-2-5-17/h14,18H,1-8,13H2,(H,15,19). The third-order valence-corrected chi connectivity index (χ3v) is 4.13. The highest BCUT2D eigenvalue weighted by atomic mass is 32.1. The highest BCUT2D eigenvalue weighted by Gasteiger charge is 2.20. The number of aromatic nitrogens is 1. The maximum atomic E-state index is 12.0. The Labute approximate surface area is 127 Å². The molecule has 1 amide bonds. The molecule has 1 saturated heterocycles. The second-order valence-corrected chi connectivity index (χ2v) is 5.52. The van der Waals surface area contributed by atoms with E-state index in [1.807, 2.05) is 0 Å². The fourth-order valence-electron chi connectivity index (χ4n) is 1.96. The van der Waals surface area contributed by atoms with Crippen LogP contribution in [0.3, 0.4) is 0 Å². The number of nitrogens with zero attached hydrogens (tertiary/aromatic N) is 2. The van der Waals surface area contributed by atoms with Crippen LogP contribution in [0.5, 0.6) is 0 Å². The Balaban J connectivity index is 1.87. The van der Waals surface area contributed by atoms with Gasteiger partial charge in [0.05, 0.1) is 19.8 Å². The van der Waals surface area contributed by atoms with Crippen LogP contribution in [0.4, 0.5) is 10.9 Å². The summed E-state index contributed by atoms with van der Waals surface area (Å²) in [4.78, 5) is 18.9. The van der Waals surface area contributed by atoms with Gasteiger partial charge in [0, 0.05) is 32.7 Å². The van der Waals surface area contributed by atoms with Crippen LogP contribution < -0.4 is 21.3 Å². The number of hydrogen-bond donors (Lipinski definition) is 4. The van der Waals surface area contributed by atoms with Crippen molar-refractivity contribution in [3.05, 3.63) is 4.88 Å². The number of amides is 1. The Morgan fingerprint density at radius 2 is 2.24 bits per heavy atom. The molecule has 8 nitrogen and oxygen atoms in total. The second-order valence-electron chi connectivity index (χ2n) is 4.54. The van der Waals surface area contributed by atoms with Crippen molar-refractivity contribution in [2.24, 2.45) is 0 Å². The van der Waals surface area contributed by atoms with Crippen molar-refractivity contribution in [2.45, 2.75) is 0 Å². The Hall–Kier alpha value is -1.42. The first-order valence-electron chi connectivity index (χ1n) is 6.91. The average Bonchev–Trinajstić information content (AvgIpc) is 2.90. The highest BCUT2D eigenvalue weighted by Crippen LogP contribution is 2.28. The molecule has 0 atom stereocenters. The Bertz CT molecular complexity index is 462. The molecule has 1 aromatic heterocycles. The predicted molar refractivity (Wildman–Crippen MR) is 81.8 cm³/mol. The van der Waals surface area contributed by atoms with Crippen LogP contribution in [-0.4, -0.2) is 68.5 Å². The lowest BCUT2D eigenvalue weighted by Gasteiger charge is -2.26. The van der Waals surface area contributed by atoms with E-state index < -0.39 is 0 Å². The zero-order valence-corrected chi connectivity index (χ0v) is 12.6. The number of nitrogen functional groups attached to an aromatic ring is 1. The van der Waals surface area contributed by atoms with Gasteiger partial charge >= 0.3 is 0 Å². The summed E-state index contributed by atoms with van der Waals surface area (Å²) in [5.41, 5.74) is 5.83. The number of piperazine rings is 1. The van der Waals surface area contributed by atoms with E-state index in [0.717, 1.165) is 31.3 Å². The topological polar surface area (TPSA) is 113 Å². The minimum absolute atomic E-state index is 0.0240. The van der Waals surface area contributed by atoms with Crippen molar-refractivity contribution in [3.63, 3.8) is 0 Å². The van der Waals surface area contributed by atoms with E-state index >= 15 is 0 Å². The maximum Gasteiger partial charge on any atom is 0.265 e. The molecule has 1 aromatic rings. The van der Waals surface area contributed by atoms with E-state index in [1.165, 1.54) is 11.3 Å². The fraction of sp³-hybridized carbons (Fsp3) is 0.667. The lowest BCUT2D eigenvalue weighted by molar-refractivity contribution is 0.0841. The lowest BCUT2D eigenvalue weighted by Crippen LogP contribution is -2.43. The Morgan fingerprint density at radius 3 is 2.95 bits per heavy atom. The lowest BCUT2D eigenvalue weighted by atomic mass is 10.4. The third kappa shape index (κ3) is 4.53. The Kier molecular flexibility index (Phi) is 6.18. The van der Waals surface area contributed by atoms with Crippen LogP contribution in [0.25, 0.3) is 0 Å². The number of hydrogen-bond acceptors (Lipinski definition) is 8. The third-order valence-electron chi connectivity index (χ3n) is 3.00.